The van der Waals surface area contributed by atoms with Gasteiger partial charge in [0.25, 0.3) is 5.69 Å². The lowest BCUT2D eigenvalue weighted by molar-refractivity contribution is -0.384. The van der Waals surface area contributed by atoms with Crippen molar-refractivity contribution in [3.05, 3.63) is 68.5 Å². The molecule has 1 aliphatic heterocycles. The number of nitro groups is 1. The van der Waals surface area contributed by atoms with Crippen molar-refractivity contribution in [3.63, 3.8) is 0 Å². The van der Waals surface area contributed by atoms with Gasteiger partial charge in [0.2, 0.25) is 5.78 Å². The second kappa shape index (κ2) is 10.4. The fraction of sp³-hybridized carbons (Fsp3) is 0.400. The number of hydrogen-bond donors (Lipinski definition) is 1. The number of non-ortho nitro benzene ring substituents is 1. The molecule has 170 valence electrons. The molecule has 3 rings (SSSR count). The number of rotatable bonds is 10. The van der Waals surface area contributed by atoms with Crippen LogP contribution in [-0.2, 0) is 6.54 Å². The molecule has 1 aliphatic rings. The lowest BCUT2D eigenvalue weighted by Gasteiger charge is -2.23. The Morgan fingerprint density at radius 1 is 1.12 bits per heavy atom. The topological polar surface area (TPSA) is 92.9 Å². The third-order valence-electron chi connectivity index (χ3n) is 5.66. The van der Waals surface area contributed by atoms with Crippen LogP contribution in [0.3, 0.4) is 0 Å². The van der Waals surface area contributed by atoms with Crippen LogP contribution in [0.2, 0.25) is 0 Å². The zero-order chi connectivity index (χ0) is 23.3. The summed E-state index contributed by atoms with van der Waals surface area (Å²) in [4.78, 5) is 25.8. The van der Waals surface area contributed by atoms with Crippen LogP contribution < -0.4 is 4.74 Å². The predicted molar refractivity (Wildman–Crippen MR) is 124 cm³/mol. The molecule has 0 saturated heterocycles. The van der Waals surface area contributed by atoms with Crippen LogP contribution in [0.15, 0.2) is 36.1 Å². The standard InChI is InChI=1S/C25H30N2O5/c1-4-6-12-26(13-7-5-2)16-20-21(28)14-17(3)23-24(29)22(32-25(20)23)15-18-8-10-19(11-9-18)27(30)31/h8-11,14-15,28H,4-7,12-13,16H2,1-3H3/b22-15+. The number of fused-ring (bicyclic) bond motifs is 1. The van der Waals surface area contributed by atoms with E-state index in [1.807, 2.05) is 0 Å². The molecule has 32 heavy (non-hydrogen) atoms. The minimum Gasteiger partial charge on any atom is -0.507 e. The van der Waals surface area contributed by atoms with Gasteiger partial charge in [0.15, 0.2) is 5.76 Å². The van der Waals surface area contributed by atoms with Gasteiger partial charge in [0.1, 0.15) is 11.5 Å². The number of carbonyl (C=O) groups excluding carboxylic acids is 1. The van der Waals surface area contributed by atoms with Crippen LogP contribution in [0.5, 0.6) is 11.5 Å². The van der Waals surface area contributed by atoms with Crippen LogP contribution in [0.4, 0.5) is 5.69 Å². The molecule has 0 bridgehead atoms. The summed E-state index contributed by atoms with van der Waals surface area (Å²) in [6.45, 7) is 8.42. The molecule has 1 heterocycles. The summed E-state index contributed by atoms with van der Waals surface area (Å²) in [6.07, 6.45) is 5.86. The highest BCUT2D eigenvalue weighted by Gasteiger charge is 2.33. The molecule has 0 unspecified atom stereocenters. The van der Waals surface area contributed by atoms with Gasteiger partial charge in [-0.1, -0.05) is 26.7 Å². The summed E-state index contributed by atoms with van der Waals surface area (Å²) >= 11 is 0. The van der Waals surface area contributed by atoms with Gasteiger partial charge in [-0.2, -0.15) is 0 Å². The minimum atomic E-state index is -0.467. The third kappa shape index (κ3) is 5.16. The Morgan fingerprint density at radius 3 is 2.31 bits per heavy atom. The Kier molecular flexibility index (Phi) is 7.64. The Labute approximate surface area is 188 Å². The number of hydrogen-bond acceptors (Lipinski definition) is 6. The first-order chi connectivity index (χ1) is 15.3. The van der Waals surface area contributed by atoms with E-state index >= 15 is 0 Å². The summed E-state index contributed by atoms with van der Waals surface area (Å²) in [5, 5.41) is 21.6. The average Bonchev–Trinajstić information content (AvgIpc) is 3.09. The van der Waals surface area contributed by atoms with Crippen LogP contribution in [-0.4, -0.2) is 33.8 Å². The van der Waals surface area contributed by atoms with E-state index in [0.717, 1.165) is 38.8 Å². The molecule has 2 aromatic carbocycles. The first-order valence-electron chi connectivity index (χ1n) is 11.1. The monoisotopic (exact) mass is 438 g/mol. The van der Waals surface area contributed by atoms with Crippen LogP contribution in [0.25, 0.3) is 6.08 Å². The quantitative estimate of drug-likeness (QED) is 0.294. The fourth-order valence-electron chi connectivity index (χ4n) is 3.83. The number of ketones is 1. The zero-order valence-electron chi connectivity index (χ0n) is 18.9. The van der Waals surface area contributed by atoms with Gasteiger partial charge in [-0.3, -0.25) is 19.8 Å². The number of carbonyl (C=O) groups is 1. The van der Waals surface area contributed by atoms with Crippen molar-refractivity contribution < 1.29 is 19.6 Å². The van der Waals surface area contributed by atoms with Crippen molar-refractivity contribution in [2.75, 3.05) is 13.1 Å². The summed E-state index contributed by atoms with van der Waals surface area (Å²) in [5.41, 5.74) is 2.36. The normalized spacial score (nSPS) is 14.1. The molecule has 0 fully saturated rings. The van der Waals surface area contributed by atoms with E-state index in [0.29, 0.717) is 34.5 Å². The SMILES string of the molecule is CCCCN(CCCC)Cc1c(O)cc(C)c2c1O/C(=C/c1ccc([N+](=O)[O-])cc1)C2=O. The second-order valence-electron chi connectivity index (χ2n) is 8.17. The maximum absolute atomic E-state index is 13.1. The molecule has 0 amide bonds. The molecule has 0 spiro atoms. The first kappa shape index (κ1) is 23.5. The maximum atomic E-state index is 13.1. The Morgan fingerprint density at radius 2 is 1.75 bits per heavy atom. The van der Waals surface area contributed by atoms with E-state index in [2.05, 4.69) is 18.7 Å². The summed E-state index contributed by atoms with van der Waals surface area (Å²) in [5.74, 6) is 0.450. The number of allylic oxidation sites excluding steroid dienone is 1. The van der Waals surface area contributed by atoms with Crippen molar-refractivity contribution >= 4 is 17.5 Å². The minimum absolute atomic E-state index is 0.0172. The van der Waals surface area contributed by atoms with Crippen molar-refractivity contribution in [1.29, 1.82) is 0 Å². The Bertz CT molecular complexity index is 1020. The second-order valence-corrected chi connectivity index (χ2v) is 8.17. The molecule has 1 N–H and O–H groups in total. The zero-order valence-corrected chi connectivity index (χ0v) is 18.9. The molecule has 2 aromatic rings. The molecule has 7 nitrogen and oxygen atoms in total. The number of benzene rings is 2. The molecule has 0 saturated carbocycles. The molecule has 0 atom stereocenters. The summed E-state index contributed by atoms with van der Waals surface area (Å²) < 4.78 is 5.99. The van der Waals surface area contributed by atoms with Crippen molar-refractivity contribution in [2.45, 2.75) is 53.0 Å². The highest BCUT2D eigenvalue weighted by Crippen LogP contribution is 2.42. The smallest absolute Gasteiger partial charge is 0.269 e. The number of ether oxygens (including phenoxy) is 1. The number of nitrogens with zero attached hydrogens (tertiary/aromatic N) is 2. The van der Waals surface area contributed by atoms with E-state index < -0.39 is 4.92 Å². The Hall–Kier alpha value is -3.19. The van der Waals surface area contributed by atoms with E-state index in [1.54, 1.807) is 31.2 Å². The van der Waals surface area contributed by atoms with Gasteiger partial charge in [-0.05, 0) is 68.3 Å². The highest BCUT2D eigenvalue weighted by molar-refractivity contribution is 6.15. The number of Topliss-reactive ketones (excluding diaryl/α,β-unsaturated/α-hetero) is 1. The number of nitro benzene ring substituents is 1. The molecule has 0 aliphatic carbocycles. The third-order valence-corrected chi connectivity index (χ3v) is 5.66. The van der Waals surface area contributed by atoms with Crippen LogP contribution >= 0.6 is 0 Å². The van der Waals surface area contributed by atoms with E-state index in [1.165, 1.54) is 12.1 Å². The van der Waals surface area contributed by atoms with E-state index in [9.17, 15) is 20.0 Å². The molecular formula is C25H30N2O5. The largest absolute Gasteiger partial charge is 0.507 e. The average molecular weight is 439 g/mol. The molecule has 0 radical (unpaired) electrons. The van der Waals surface area contributed by atoms with E-state index in [-0.39, 0.29) is 23.0 Å². The molecule has 0 aromatic heterocycles. The van der Waals surface area contributed by atoms with E-state index in [4.69, 9.17) is 4.74 Å². The fourth-order valence-corrected chi connectivity index (χ4v) is 3.83. The summed E-state index contributed by atoms with van der Waals surface area (Å²) in [6, 6.07) is 7.56. The molecule has 7 heteroatoms. The van der Waals surface area contributed by atoms with Crippen LogP contribution in [0.1, 0.15) is 66.6 Å². The number of phenols is 1. The van der Waals surface area contributed by atoms with Crippen LogP contribution in [0, 0.1) is 17.0 Å². The van der Waals surface area contributed by atoms with Gasteiger partial charge in [-0.15, -0.1) is 0 Å². The lowest BCUT2D eigenvalue weighted by Crippen LogP contribution is -2.26. The number of aryl methyl sites for hydroxylation is 1. The summed E-state index contributed by atoms with van der Waals surface area (Å²) in [7, 11) is 0. The van der Waals surface area contributed by atoms with Crippen molar-refractivity contribution in [2.24, 2.45) is 0 Å². The van der Waals surface area contributed by atoms with Gasteiger partial charge < -0.3 is 9.84 Å². The van der Waals surface area contributed by atoms with Gasteiger partial charge >= 0.3 is 0 Å². The van der Waals surface area contributed by atoms with Crippen molar-refractivity contribution in [3.8, 4) is 11.5 Å². The Balaban J connectivity index is 1.93. The van der Waals surface area contributed by atoms with Crippen molar-refractivity contribution in [1.82, 2.24) is 4.90 Å². The highest BCUT2D eigenvalue weighted by atomic mass is 16.6. The number of phenolic OH excluding ortho intramolecular Hbond substituents is 1. The number of aromatic hydroxyl groups is 1. The van der Waals surface area contributed by atoms with Gasteiger partial charge in [0.05, 0.1) is 16.1 Å². The predicted octanol–water partition coefficient (Wildman–Crippen LogP) is 5.63. The number of unbranched alkanes of at least 4 members (excludes halogenated alkanes) is 2. The maximum Gasteiger partial charge on any atom is 0.269 e. The van der Waals surface area contributed by atoms with Gasteiger partial charge in [-0.25, -0.2) is 0 Å². The first-order valence-corrected chi connectivity index (χ1v) is 11.1. The van der Waals surface area contributed by atoms with Gasteiger partial charge in [0, 0.05) is 18.7 Å². The lowest BCUT2D eigenvalue weighted by atomic mass is 9.99. The molecular weight excluding hydrogens is 408 g/mol.